The molecule has 1 aromatic heterocycles. The molecule has 0 bridgehead atoms. The van der Waals surface area contributed by atoms with Crippen molar-refractivity contribution < 1.29 is 4.74 Å². The van der Waals surface area contributed by atoms with E-state index in [4.69, 9.17) is 10.5 Å². The van der Waals surface area contributed by atoms with Crippen LogP contribution in [0.25, 0.3) is 0 Å². The Morgan fingerprint density at radius 2 is 2.17 bits per heavy atom. The molecule has 1 heterocycles. The number of hydrogen-bond donors (Lipinski definition) is 1. The Bertz CT molecular complexity index is 325. The molecule has 1 aliphatic carbocycles. The van der Waals surface area contributed by atoms with Crippen LogP contribution in [0.15, 0.2) is 17.5 Å². The predicted molar refractivity (Wildman–Crippen MR) is 78.1 cm³/mol. The topological polar surface area (TPSA) is 35.2 Å². The van der Waals surface area contributed by atoms with Crippen molar-refractivity contribution in [3.8, 4) is 0 Å². The molecule has 0 saturated heterocycles. The van der Waals surface area contributed by atoms with Crippen LogP contribution >= 0.6 is 11.3 Å². The summed E-state index contributed by atoms with van der Waals surface area (Å²) in [5.74, 6) is 0. The summed E-state index contributed by atoms with van der Waals surface area (Å²) in [6.45, 7) is 2.87. The van der Waals surface area contributed by atoms with Gasteiger partial charge in [0, 0.05) is 17.5 Å². The Morgan fingerprint density at radius 3 is 2.78 bits per heavy atom. The zero-order chi connectivity index (χ0) is 12.8. The molecule has 2 nitrogen and oxygen atoms in total. The molecule has 0 amide bonds. The molecule has 0 aliphatic heterocycles. The van der Waals surface area contributed by atoms with E-state index >= 15 is 0 Å². The van der Waals surface area contributed by atoms with E-state index in [1.807, 2.05) is 11.3 Å². The molecule has 0 aromatic carbocycles. The summed E-state index contributed by atoms with van der Waals surface area (Å²) in [4.78, 5) is 1.44. The minimum absolute atomic E-state index is 0.0374. The summed E-state index contributed by atoms with van der Waals surface area (Å²) in [5, 5.41) is 2.14. The second-order valence-corrected chi connectivity index (χ2v) is 6.32. The fraction of sp³-hybridized carbons (Fsp3) is 0.733. The molecule has 1 atom stereocenters. The maximum absolute atomic E-state index is 6.47. The lowest BCUT2D eigenvalue weighted by Crippen LogP contribution is -2.51. The third kappa shape index (κ3) is 3.34. The minimum atomic E-state index is -0.0374. The molecule has 1 fully saturated rings. The molecule has 2 rings (SSSR count). The predicted octanol–water partition coefficient (Wildman–Crippen LogP) is 3.75. The van der Waals surface area contributed by atoms with Crippen LogP contribution in [-0.2, 0) is 11.2 Å². The van der Waals surface area contributed by atoms with Crippen LogP contribution in [-0.4, -0.2) is 18.2 Å². The normalized spacial score (nSPS) is 20.8. The second kappa shape index (κ2) is 6.69. The SMILES string of the molecule is CCOC1(C(N)CCc2cccs2)CCCCC1. The van der Waals surface area contributed by atoms with Crippen molar-refractivity contribution in [3.05, 3.63) is 22.4 Å². The van der Waals surface area contributed by atoms with Crippen LogP contribution in [0.4, 0.5) is 0 Å². The highest BCUT2D eigenvalue weighted by Gasteiger charge is 2.38. The molecule has 1 aliphatic rings. The van der Waals surface area contributed by atoms with E-state index in [2.05, 4.69) is 24.4 Å². The quantitative estimate of drug-likeness (QED) is 0.852. The van der Waals surface area contributed by atoms with E-state index in [0.29, 0.717) is 0 Å². The Kier molecular flexibility index (Phi) is 5.22. The number of ether oxygens (including phenoxy) is 1. The molecular weight excluding hydrogens is 242 g/mol. The molecule has 102 valence electrons. The number of rotatable bonds is 6. The van der Waals surface area contributed by atoms with E-state index in [1.54, 1.807) is 0 Å². The van der Waals surface area contributed by atoms with Gasteiger partial charge in [0.2, 0.25) is 0 Å². The molecule has 1 unspecified atom stereocenters. The van der Waals surface area contributed by atoms with Crippen molar-refractivity contribution in [2.45, 2.75) is 63.5 Å². The first-order chi connectivity index (χ1) is 8.77. The monoisotopic (exact) mass is 267 g/mol. The number of hydrogen-bond acceptors (Lipinski definition) is 3. The van der Waals surface area contributed by atoms with Gasteiger partial charge in [0.1, 0.15) is 0 Å². The molecule has 18 heavy (non-hydrogen) atoms. The smallest absolute Gasteiger partial charge is 0.0832 e. The van der Waals surface area contributed by atoms with Crippen LogP contribution in [0.2, 0.25) is 0 Å². The maximum Gasteiger partial charge on any atom is 0.0832 e. The first-order valence-corrected chi connectivity index (χ1v) is 8.07. The van der Waals surface area contributed by atoms with Gasteiger partial charge in [-0.2, -0.15) is 0 Å². The van der Waals surface area contributed by atoms with Crippen molar-refractivity contribution >= 4 is 11.3 Å². The van der Waals surface area contributed by atoms with Gasteiger partial charge in [-0.05, 0) is 44.1 Å². The van der Waals surface area contributed by atoms with Gasteiger partial charge in [-0.1, -0.05) is 25.3 Å². The van der Waals surface area contributed by atoms with Crippen molar-refractivity contribution in [1.82, 2.24) is 0 Å². The van der Waals surface area contributed by atoms with Gasteiger partial charge in [-0.3, -0.25) is 0 Å². The third-order valence-corrected chi connectivity index (χ3v) is 5.03. The first kappa shape index (κ1) is 14.0. The van der Waals surface area contributed by atoms with Gasteiger partial charge in [-0.25, -0.2) is 0 Å². The summed E-state index contributed by atoms with van der Waals surface area (Å²) in [6, 6.07) is 4.50. The Morgan fingerprint density at radius 1 is 1.39 bits per heavy atom. The third-order valence-electron chi connectivity index (χ3n) is 4.09. The van der Waals surface area contributed by atoms with Gasteiger partial charge in [0.05, 0.1) is 5.60 Å². The van der Waals surface area contributed by atoms with Crippen molar-refractivity contribution in [1.29, 1.82) is 0 Å². The molecule has 0 spiro atoms. The fourth-order valence-corrected chi connectivity index (χ4v) is 3.80. The minimum Gasteiger partial charge on any atom is -0.374 e. The zero-order valence-corrected chi connectivity index (χ0v) is 12.2. The summed E-state index contributed by atoms with van der Waals surface area (Å²) in [6.07, 6.45) is 8.30. The summed E-state index contributed by atoms with van der Waals surface area (Å²) < 4.78 is 6.08. The lowest BCUT2D eigenvalue weighted by molar-refractivity contribution is -0.0832. The number of aryl methyl sites for hydroxylation is 1. The van der Waals surface area contributed by atoms with Crippen molar-refractivity contribution in [2.75, 3.05) is 6.61 Å². The number of nitrogens with two attached hydrogens (primary N) is 1. The lowest BCUT2D eigenvalue weighted by Gasteiger charge is -2.41. The van der Waals surface area contributed by atoms with Crippen LogP contribution in [0.5, 0.6) is 0 Å². The molecule has 2 N–H and O–H groups in total. The summed E-state index contributed by atoms with van der Waals surface area (Å²) in [7, 11) is 0. The highest BCUT2D eigenvalue weighted by Crippen LogP contribution is 2.35. The molecule has 0 radical (unpaired) electrons. The van der Waals surface area contributed by atoms with Crippen LogP contribution < -0.4 is 5.73 Å². The standard InChI is InChI=1S/C15H25NOS/c1-2-17-15(10-4-3-5-11-15)14(16)9-8-13-7-6-12-18-13/h6-7,12,14H,2-5,8-11,16H2,1H3. The summed E-state index contributed by atoms with van der Waals surface area (Å²) in [5.41, 5.74) is 6.43. The number of thiophene rings is 1. The van der Waals surface area contributed by atoms with Crippen molar-refractivity contribution in [2.24, 2.45) is 5.73 Å². The fourth-order valence-electron chi connectivity index (χ4n) is 3.08. The van der Waals surface area contributed by atoms with Gasteiger partial charge in [0.15, 0.2) is 0 Å². The van der Waals surface area contributed by atoms with Gasteiger partial charge >= 0.3 is 0 Å². The van der Waals surface area contributed by atoms with Gasteiger partial charge in [-0.15, -0.1) is 11.3 Å². The van der Waals surface area contributed by atoms with Crippen molar-refractivity contribution in [3.63, 3.8) is 0 Å². The lowest BCUT2D eigenvalue weighted by atomic mass is 9.78. The zero-order valence-electron chi connectivity index (χ0n) is 11.4. The van der Waals surface area contributed by atoms with Gasteiger partial charge < -0.3 is 10.5 Å². The Hall–Kier alpha value is -0.380. The Labute approximate surface area is 115 Å². The highest BCUT2D eigenvalue weighted by atomic mass is 32.1. The van der Waals surface area contributed by atoms with E-state index < -0.39 is 0 Å². The van der Waals surface area contributed by atoms with Crippen LogP contribution in [0, 0.1) is 0 Å². The van der Waals surface area contributed by atoms with E-state index in [9.17, 15) is 0 Å². The summed E-state index contributed by atoms with van der Waals surface area (Å²) >= 11 is 1.83. The average Bonchev–Trinajstić information content (AvgIpc) is 2.90. The molecular formula is C15H25NOS. The highest BCUT2D eigenvalue weighted by molar-refractivity contribution is 7.09. The molecule has 3 heteroatoms. The Balaban J connectivity index is 1.92. The van der Waals surface area contributed by atoms with Crippen LogP contribution in [0.1, 0.15) is 50.3 Å². The molecule has 1 aromatic rings. The molecule has 1 saturated carbocycles. The second-order valence-electron chi connectivity index (χ2n) is 5.28. The average molecular weight is 267 g/mol. The largest absolute Gasteiger partial charge is 0.374 e. The van der Waals surface area contributed by atoms with E-state index in [0.717, 1.165) is 32.3 Å². The van der Waals surface area contributed by atoms with Crippen LogP contribution in [0.3, 0.4) is 0 Å². The maximum atomic E-state index is 6.47. The van der Waals surface area contributed by atoms with Gasteiger partial charge in [0.25, 0.3) is 0 Å². The first-order valence-electron chi connectivity index (χ1n) is 7.19. The van der Waals surface area contributed by atoms with E-state index in [-0.39, 0.29) is 11.6 Å². The van der Waals surface area contributed by atoms with E-state index in [1.165, 1.54) is 24.1 Å².